The molecule has 3 N–H and O–H groups in total. The predicted octanol–water partition coefficient (Wildman–Crippen LogP) is 1.98. The van der Waals surface area contributed by atoms with E-state index in [-0.39, 0.29) is 34.9 Å². The first-order valence-corrected chi connectivity index (χ1v) is 8.68. The van der Waals surface area contributed by atoms with Crippen LogP contribution in [0.25, 0.3) is 0 Å². The van der Waals surface area contributed by atoms with E-state index in [4.69, 9.17) is 4.42 Å². The Balaban J connectivity index is 1.63. The van der Waals surface area contributed by atoms with Gasteiger partial charge >= 0.3 is 0 Å². The first-order valence-electron chi connectivity index (χ1n) is 8.68. The van der Waals surface area contributed by atoms with Crippen molar-refractivity contribution >= 4 is 23.4 Å². The van der Waals surface area contributed by atoms with E-state index in [9.17, 15) is 19.5 Å². The number of nitrogens with zero attached hydrogens (tertiary/aromatic N) is 1. The van der Waals surface area contributed by atoms with E-state index < -0.39 is 5.91 Å². The van der Waals surface area contributed by atoms with Gasteiger partial charge in [-0.15, -0.1) is 0 Å². The lowest BCUT2D eigenvalue weighted by molar-refractivity contribution is -0.114. The van der Waals surface area contributed by atoms with Crippen LogP contribution in [0.15, 0.2) is 41.0 Å². The van der Waals surface area contributed by atoms with Gasteiger partial charge in [0.05, 0.1) is 11.8 Å². The molecule has 3 rings (SSSR count). The molecule has 3 amide bonds. The Bertz CT molecular complexity index is 847. The van der Waals surface area contributed by atoms with Crippen molar-refractivity contribution in [3.63, 3.8) is 0 Å². The number of anilines is 1. The average molecular weight is 371 g/mol. The van der Waals surface area contributed by atoms with Gasteiger partial charge in [0, 0.05) is 37.8 Å². The van der Waals surface area contributed by atoms with Gasteiger partial charge in [0.15, 0.2) is 5.76 Å². The molecule has 2 heterocycles. The van der Waals surface area contributed by atoms with Crippen LogP contribution in [-0.2, 0) is 4.79 Å². The zero-order valence-corrected chi connectivity index (χ0v) is 14.9. The SMILES string of the molecule is CC(=O)Nc1ccc(C(=O)N[C@@H]2CCCN(C(=O)c3ccco3)C2)c(O)c1. The third-order valence-electron chi connectivity index (χ3n) is 4.34. The van der Waals surface area contributed by atoms with Gasteiger partial charge in [-0.05, 0) is 37.1 Å². The van der Waals surface area contributed by atoms with Crippen LogP contribution < -0.4 is 10.6 Å². The molecule has 1 saturated heterocycles. The first kappa shape index (κ1) is 18.5. The molecule has 0 radical (unpaired) electrons. The Morgan fingerprint density at radius 1 is 1.26 bits per heavy atom. The summed E-state index contributed by atoms with van der Waals surface area (Å²) in [5, 5.41) is 15.5. The molecule has 0 saturated carbocycles. The van der Waals surface area contributed by atoms with Crippen LogP contribution in [0.1, 0.15) is 40.7 Å². The summed E-state index contributed by atoms with van der Waals surface area (Å²) in [6.45, 7) is 2.33. The number of carbonyl (C=O) groups is 3. The van der Waals surface area contributed by atoms with Crippen LogP contribution in [0.5, 0.6) is 5.75 Å². The monoisotopic (exact) mass is 371 g/mol. The maximum Gasteiger partial charge on any atom is 0.289 e. The van der Waals surface area contributed by atoms with Gasteiger partial charge in [0.25, 0.3) is 11.8 Å². The van der Waals surface area contributed by atoms with Crippen molar-refractivity contribution in [2.75, 3.05) is 18.4 Å². The second-order valence-corrected chi connectivity index (χ2v) is 6.45. The minimum absolute atomic E-state index is 0.110. The highest BCUT2D eigenvalue weighted by molar-refractivity contribution is 5.98. The second-order valence-electron chi connectivity index (χ2n) is 6.45. The molecule has 1 aliphatic heterocycles. The summed E-state index contributed by atoms with van der Waals surface area (Å²) in [7, 11) is 0. The Morgan fingerprint density at radius 3 is 2.74 bits per heavy atom. The number of furan rings is 1. The fraction of sp³-hybridized carbons (Fsp3) is 0.316. The highest BCUT2D eigenvalue weighted by Gasteiger charge is 2.27. The molecule has 142 valence electrons. The molecule has 2 aromatic rings. The Hall–Kier alpha value is -3.29. The van der Waals surface area contributed by atoms with Crippen LogP contribution in [0, 0.1) is 0 Å². The number of benzene rings is 1. The van der Waals surface area contributed by atoms with Gasteiger partial charge in [-0.3, -0.25) is 14.4 Å². The van der Waals surface area contributed by atoms with Gasteiger partial charge < -0.3 is 25.1 Å². The summed E-state index contributed by atoms with van der Waals surface area (Å²) in [5.74, 6) is -0.859. The molecular weight excluding hydrogens is 350 g/mol. The highest BCUT2D eigenvalue weighted by atomic mass is 16.3. The number of hydrogen-bond donors (Lipinski definition) is 3. The maximum absolute atomic E-state index is 12.5. The third-order valence-corrected chi connectivity index (χ3v) is 4.34. The lowest BCUT2D eigenvalue weighted by Gasteiger charge is -2.32. The van der Waals surface area contributed by atoms with Crippen LogP contribution in [0.2, 0.25) is 0 Å². The van der Waals surface area contributed by atoms with Crippen molar-refractivity contribution < 1.29 is 23.9 Å². The van der Waals surface area contributed by atoms with Crippen LogP contribution >= 0.6 is 0 Å². The van der Waals surface area contributed by atoms with Gasteiger partial charge in [-0.2, -0.15) is 0 Å². The van der Waals surface area contributed by atoms with E-state index in [0.29, 0.717) is 18.8 Å². The molecule has 1 aliphatic rings. The lowest BCUT2D eigenvalue weighted by Crippen LogP contribution is -2.49. The topological polar surface area (TPSA) is 112 Å². The summed E-state index contributed by atoms with van der Waals surface area (Å²) in [6, 6.07) is 7.36. The number of rotatable bonds is 4. The van der Waals surface area contributed by atoms with E-state index in [1.807, 2.05) is 0 Å². The summed E-state index contributed by atoms with van der Waals surface area (Å²) >= 11 is 0. The quantitative estimate of drug-likeness (QED) is 0.761. The van der Waals surface area contributed by atoms with Crippen molar-refractivity contribution in [1.29, 1.82) is 0 Å². The molecule has 8 nitrogen and oxygen atoms in total. The van der Waals surface area contributed by atoms with E-state index >= 15 is 0 Å². The Kier molecular flexibility index (Phi) is 5.44. The number of aromatic hydroxyl groups is 1. The molecule has 1 aromatic heterocycles. The molecule has 1 fully saturated rings. The van der Waals surface area contributed by atoms with Crippen molar-refractivity contribution in [3.05, 3.63) is 47.9 Å². The van der Waals surface area contributed by atoms with E-state index in [1.54, 1.807) is 23.1 Å². The highest BCUT2D eigenvalue weighted by Crippen LogP contribution is 2.23. The molecule has 1 atom stereocenters. The van der Waals surface area contributed by atoms with E-state index in [1.165, 1.54) is 25.3 Å². The molecular formula is C19H21N3O5. The zero-order valence-electron chi connectivity index (χ0n) is 14.9. The van der Waals surface area contributed by atoms with Crippen molar-refractivity contribution in [1.82, 2.24) is 10.2 Å². The Labute approximate surface area is 156 Å². The number of piperidine rings is 1. The number of phenolic OH excluding ortho intramolecular Hbond substituents is 1. The predicted molar refractivity (Wildman–Crippen MR) is 97.5 cm³/mol. The standard InChI is InChI=1S/C19H21N3O5/c1-12(23)20-13-6-7-15(16(24)10-13)18(25)21-14-4-2-8-22(11-14)19(26)17-5-3-9-27-17/h3,5-7,9-10,14,24H,2,4,8,11H2,1H3,(H,20,23)(H,21,25)/t14-/m1/s1. The number of hydrogen-bond acceptors (Lipinski definition) is 5. The molecule has 8 heteroatoms. The molecule has 0 unspecified atom stereocenters. The van der Waals surface area contributed by atoms with E-state index in [2.05, 4.69) is 10.6 Å². The molecule has 1 aromatic carbocycles. The lowest BCUT2D eigenvalue weighted by atomic mass is 10.0. The molecule has 0 bridgehead atoms. The van der Waals surface area contributed by atoms with Crippen molar-refractivity contribution in [2.45, 2.75) is 25.8 Å². The smallest absolute Gasteiger partial charge is 0.289 e. The van der Waals surface area contributed by atoms with E-state index in [0.717, 1.165) is 12.8 Å². The average Bonchev–Trinajstić information content (AvgIpc) is 3.15. The third kappa shape index (κ3) is 4.46. The number of nitrogens with one attached hydrogen (secondary N) is 2. The molecule has 0 spiro atoms. The van der Waals surface area contributed by atoms with Crippen molar-refractivity contribution in [3.8, 4) is 5.75 Å². The number of phenols is 1. The van der Waals surface area contributed by atoms with Crippen LogP contribution in [0.3, 0.4) is 0 Å². The fourth-order valence-corrected chi connectivity index (χ4v) is 3.10. The first-order chi connectivity index (χ1) is 12.9. The molecule has 27 heavy (non-hydrogen) atoms. The normalized spacial score (nSPS) is 16.6. The van der Waals surface area contributed by atoms with Crippen LogP contribution in [0.4, 0.5) is 5.69 Å². The second kappa shape index (κ2) is 7.94. The summed E-state index contributed by atoms with van der Waals surface area (Å²) in [6.07, 6.45) is 2.94. The molecule has 0 aliphatic carbocycles. The fourth-order valence-electron chi connectivity index (χ4n) is 3.10. The minimum Gasteiger partial charge on any atom is -0.507 e. The summed E-state index contributed by atoms with van der Waals surface area (Å²) < 4.78 is 5.15. The largest absolute Gasteiger partial charge is 0.507 e. The van der Waals surface area contributed by atoms with Gasteiger partial charge in [-0.1, -0.05) is 0 Å². The van der Waals surface area contributed by atoms with Crippen LogP contribution in [-0.4, -0.2) is 46.9 Å². The van der Waals surface area contributed by atoms with Gasteiger partial charge in [-0.25, -0.2) is 0 Å². The summed E-state index contributed by atoms with van der Waals surface area (Å²) in [4.78, 5) is 37.6. The minimum atomic E-state index is -0.431. The number of likely N-dealkylation sites (tertiary alicyclic amines) is 1. The number of amides is 3. The number of carbonyl (C=O) groups excluding carboxylic acids is 3. The van der Waals surface area contributed by atoms with Crippen molar-refractivity contribution in [2.24, 2.45) is 0 Å². The summed E-state index contributed by atoms with van der Waals surface area (Å²) in [5.41, 5.74) is 0.517. The Morgan fingerprint density at radius 2 is 2.07 bits per heavy atom. The zero-order chi connectivity index (χ0) is 19.4. The maximum atomic E-state index is 12.5. The van der Waals surface area contributed by atoms with Gasteiger partial charge in [0.2, 0.25) is 5.91 Å². The van der Waals surface area contributed by atoms with Gasteiger partial charge in [0.1, 0.15) is 5.75 Å².